The summed E-state index contributed by atoms with van der Waals surface area (Å²) in [6.07, 6.45) is 2.47. The Balaban J connectivity index is 2.10. The van der Waals surface area contributed by atoms with Crippen LogP contribution in [0.15, 0.2) is 60.7 Å². The Bertz CT molecular complexity index is 787. The van der Waals surface area contributed by atoms with Crippen molar-refractivity contribution in [3.63, 3.8) is 0 Å². The predicted octanol–water partition coefficient (Wildman–Crippen LogP) is 1.22. The molecular formula is C17H13N2O5-. The summed E-state index contributed by atoms with van der Waals surface area (Å²) in [4.78, 5) is 33.3. The molecule has 24 heavy (non-hydrogen) atoms. The number of rotatable bonds is 6. The number of nitro groups is 1. The first-order valence-electron chi connectivity index (χ1n) is 6.96. The van der Waals surface area contributed by atoms with Crippen LogP contribution in [0.4, 0.5) is 5.69 Å². The van der Waals surface area contributed by atoms with E-state index in [1.54, 1.807) is 36.4 Å². The summed E-state index contributed by atoms with van der Waals surface area (Å²) in [5, 5.41) is 24.2. The number of non-ortho nitro benzene ring substituents is 1. The van der Waals surface area contributed by atoms with Gasteiger partial charge in [-0.05, 0) is 17.2 Å². The zero-order valence-corrected chi connectivity index (χ0v) is 12.4. The Kier molecular flexibility index (Phi) is 5.40. The van der Waals surface area contributed by atoms with Crippen LogP contribution in [0.2, 0.25) is 0 Å². The molecular weight excluding hydrogens is 312 g/mol. The second kappa shape index (κ2) is 7.68. The lowest BCUT2D eigenvalue weighted by Gasteiger charge is -2.19. The highest BCUT2D eigenvalue weighted by atomic mass is 16.6. The number of carbonyl (C=O) groups is 2. The number of nitro benzene ring substituents is 1. The van der Waals surface area contributed by atoms with E-state index in [1.807, 2.05) is 0 Å². The average molecular weight is 325 g/mol. The Labute approximate surface area is 137 Å². The molecule has 7 nitrogen and oxygen atoms in total. The SMILES string of the molecule is O=C(/C=C/c1cccc([N+](=O)[O-])c1)N[C@H](C(=O)[O-])c1ccccc1. The van der Waals surface area contributed by atoms with Gasteiger partial charge in [-0.1, -0.05) is 42.5 Å². The molecule has 7 heteroatoms. The molecule has 0 aliphatic carbocycles. The Morgan fingerprint density at radius 2 is 1.79 bits per heavy atom. The van der Waals surface area contributed by atoms with Gasteiger partial charge in [0.05, 0.1) is 16.9 Å². The van der Waals surface area contributed by atoms with E-state index in [2.05, 4.69) is 5.32 Å². The third-order valence-corrected chi connectivity index (χ3v) is 3.16. The first kappa shape index (κ1) is 16.9. The van der Waals surface area contributed by atoms with Crippen LogP contribution < -0.4 is 10.4 Å². The maximum Gasteiger partial charge on any atom is 0.270 e. The number of hydrogen-bond acceptors (Lipinski definition) is 5. The van der Waals surface area contributed by atoms with Gasteiger partial charge in [0.15, 0.2) is 0 Å². The molecule has 0 saturated heterocycles. The van der Waals surface area contributed by atoms with Crippen LogP contribution in [0.3, 0.4) is 0 Å². The van der Waals surface area contributed by atoms with Crippen molar-refractivity contribution in [1.29, 1.82) is 0 Å². The Morgan fingerprint density at radius 1 is 1.08 bits per heavy atom. The first-order chi connectivity index (χ1) is 11.5. The molecule has 0 aliphatic heterocycles. The van der Waals surface area contributed by atoms with E-state index in [1.165, 1.54) is 24.3 Å². The van der Waals surface area contributed by atoms with Crippen LogP contribution in [0.25, 0.3) is 6.08 Å². The minimum atomic E-state index is -1.43. The van der Waals surface area contributed by atoms with Crippen molar-refractivity contribution >= 4 is 23.6 Å². The fourth-order valence-corrected chi connectivity index (χ4v) is 2.03. The molecule has 0 fully saturated rings. The van der Waals surface area contributed by atoms with E-state index in [0.717, 1.165) is 6.08 Å². The minimum Gasteiger partial charge on any atom is -0.548 e. The lowest BCUT2D eigenvalue weighted by Crippen LogP contribution is -2.40. The third-order valence-electron chi connectivity index (χ3n) is 3.16. The van der Waals surface area contributed by atoms with Crippen LogP contribution in [-0.2, 0) is 9.59 Å². The summed E-state index contributed by atoms with van der Waals surface area (Å²) in [5.41, 5.74) is 0.730. The zero-order valence-electron chi connectivity index (χ0n) is 12.4. The Hall–Kier alpha value is -3.48. The fourth-order valence-electron chi connectivity index (χ4n) is 2.03. The Morgan fingerprint density at radius 3 is 2.42 bits per heavy atom. The summed E-state index contributed by atoms with van der Waals surface area (Å²) in [6, 6.07) is 12.6. The van der Waals surface area contributed by atoms with Crippen molar-refractivity contribution in [2.24, 2.45) is 0 Å². The van der Waals surface area contributed by atoms with Gasteiger partial charge >= 0.3 is 0 Å². The molecule has 0 bridgehead atoms. The molecule has 2 aromatic carbocycles. The predicted molar refractivity (Wildman–Crippen MR) is 84.5 cm³/mol. The molecule has 0 radical (unpaired) electrons. The van der Waals surface area contributed by atoms with E-state index < -0.39 is 22.8 Å². The molecule has 2 rings (SSSR count). The van der Waals surface area contributed by atoms with Crippen molar-refractivity contribution in [3.8, 4) is 0 Å². The number of nitrogens with one attached hydrogen (secondary N) is 1. The van der Waals surface area contributed by atoms with Crippen molar-refractivity contribution in [1.82, 2.24) is 5.32 Å². The number of amides is 1. The van der Waals surface area contributed by atoms with Gasteiger partial charge in [0, 0.05) is 18.2 Å². The van der Waals surface area contributed by atoms with Crippen molar-refractivity contribution in [2.75, 3.05) is 0 Å². The molecule has 0 aliphatic rings. The summed E-state index contributed by atoms with van der Waals surface area (Å²) in [5.74, 6) is -2.09. The zero-order chi connectivity index (χ0) is 17.5. The van der Waals surface area contributed by atoms with Gasteiger partial charge in [-0.15, -0.1) is 0 Å². The maximum absolute atomic E-state index is 11.9. The molecule has 0 aromatic heterocycles. The number of aliphatic carboxylic acids is 1. The van der Waals surface area contributed by atoms with Crippen LogP contribution in [0.1, 0.15) is 17.2 Å². The number of carbonyl (C=O) groups excluding carboxylic acids is 2. The van der Waals surface area contributed by atoms with E-state index in [4.69, 9.17) is 0 Å². The largest absolute Gasteiger partial charge is 0.548 e. The summed E-state index contributed by atoms with van der Waals surface area (Å²) >= 11 is 0. The van der Waals surface area contributed by atoms with Crippen molar-refractivity contribution < 1.29 is 19.6 Å². The number of carboxylic acid groups (broad SMARTS) is 1. The average Bonchev–Trinajstić information content (AvgIpc) is 2.58. The van der Waals surface area contributed by atoms with E-state index in [9.17, 15) is 24.8 Å². The van der Waals surface area contributed by atoms with Gasteiger partial charge in [0.1, 0.15) is 0 Å². The molecule has 1 atom stereocenters. The highest BCUT2D eigenvalue weighted by Gasteiger charge is 2.14. The third kappa shape index (κ3) is 4.51. The maximum atomic E-state index is 11.9. The topological polar surface area (TPSA) is 112 Å². The lowest BCUT2D eigenvalue weighted by atomic mass is 10.1. The van der Waals surface area contributed by atoms with Crippen LogP contribution in [-0.4, -0.2) is 16.8 Å². The van der Waals surface area contributed by atoms with Crippen LogP contribution in [0, 0.1) is 10.1 Å². The first-order valence-corrected chi connectivity index (χ1v) is 6.96. The van der Waals surface area contributed by atoms with E-state index in [-0.39, 0.29) is 5.69 Å². The van der Waals surface area contributed by atoms with Gasteiger partial charge in [-0.3, -0.25) is 14.9 Å². The van der Waals surface area contributed by atoms with Gasteiger partial charge in [-0.2, -0.15) is 0 Å². The van der Waals surface area contributed by atoms with Gasteiger partial charge in [0.2, 0.25) is 5.91 Å². The monoisotopic (exact) mass is 325 g/mol. The second-order valence-corrected chi connectivity index (χ2v) is 4.86. The smallest absolute Gasteiger partial charge is 0.270 e. The molecule has 0 spiro atoms. The molecule has 122 valence electrons. The molecule has 1 amide bonds. The number of carboxylic acids is 1. The molecule has 0 heterocycles. The standard InChI is InChI=1S/C17H14N2O5/c20-15(10-9-12-5-4-8-14(11-12)19(23)24)18-16(17(21)22)13-6-2-1-3-7-13/h1-11,16H,(H,18,20)(H,21,22)/p-1/b10-9+/t16-/m0/s1. The molecule has 0 saturated carbocycles. The number of nitrogens with zero attached hydrogens (tertiary/aromatic N) is 1. The quantitative estimate of drug-likeness (QED) is 0.487. The fraction of sp³-hybridized carbons (Fsp3) is 0.0588. The minimum absolute atomic E-state index is 0.102. The normalized spacial score (nSPS) is 11.8. The lowest BCUT2D eigenvalue weighted by molar-refractivity contribution is -0.384. The summed E-state index contributed by atoms with van der Waals surface area (Å²) in [7, 11) is 0. The molecule has 2 aromatic rings. The summed E-state index contributed by atoms with van der Waals surface area (Å²) in [6.45, 7) is 0. The summed E-state index contributed by atoms with van der Waals surface area (Å²) < 4.78 is 0. The van der Waals surface area contributed by atoms with Gasteiger partial charge in [-0.25, -0.2) is 0 Å². The highest BCUT2D eigenvalue weighted by Crippen LogP contribution is 2.15. The molecule has 0 unspecified atom stereocenters. The van der Waals surface area contributed by atoms with Crippen LogP contribution in [0.5, 0.6) is 0 Å². The second-order valence-electron chi connectivity index (χ2n) is 4.86. The van der Waals surface area contributed by atoms with Crippen molar-refractivity contribution in [2.45, 2.75) is 6.04 Å². The van der Waals surface area contributed by atoms with E-state index >= 15 is 0 Å². The van der Waals surface area contributed by atoms with Gasteiger partial charge < -0.3 is 15.2 Å². The van der Waals surface area contributed by atoms with Gasteiger partial charge in [0.25, 0.3) is 5.69 Å². The highest BCUT2D eigenvalue weighted by molar-refractivity contribution is 5.94. The number of hydrogen-bond donors (Lipinski definition) is 1. The number of benzene rings is 2. The van der Waals surface area contributed by atoms with Crippen molar-refractivity contribution in [3.05, 3.63) is 81.9 Å². The van der Waals surface area contributed by atoms with E-state index in [0.29, 0.717) is 11.1 Å². The molecule has 1 N–H and O–H groups in total. The van der Waals surface area contributed by atoms with Crippen LogP contribution >= 0.6 is 0 Å².